The maximum absolute atomic E-state index is 13.3. The second-order valence-corrected chi connectivity index (χ2v) is 4.88. The lowest BCUT2D eigenvalue weighted by Gasteiger charge is -2.30. The molecular formula is C13H19F2NO2. The fraction of sp³-hybridized carbons (Fsp3) is 0.538. The van der Waals surface area contributed by atoms with Gasteiger partial charge >= 0.3 is 0 Å². The highest BCUT2D eigenvalue weighted by Gasteiger charge is 2.25. The van der Waals surface area contributed by atoms with Gasteiger partial charge in [0.2, 0.25) is 0 Å². The molecule has 0 heterocycles. The highest BCUT2D eigenvalue weighted by Crippen LogP contribution is 2.19. The molecule has 0 spiro atoms. The predicted octanol–water partition coefficient (Wildman–Crippen LogP) is 2.09. The average molecular weight is 259 g/mol. The van der Waals surface area contributed by atoms with Gasteiger partial charge in [-0.2, -0.15) is 0 Å². The van der Waals surface area contributed by atoms with E-state index in [1.165, 1.54) is 0 Å². The Kier molecular flexibility index (Phi) is 5.04. The van der Waals surface area contributed by atoms with Crippen LogP contribution in [0.25, 0.3) is 0 Å². The van der Waals surface area contributed by atoms with E-state index in [0.29, 0.717) is 0 Å². The average Bonchev–Trinajstić information content (AvgIpc) is 2.29. The van der Waals surface area contributed by atoms with Crippen LogP contribution in [0.3, 0.4) is 0 Å². The molecule has 0 aliphatic rings. The van der Waals surface area contributed by atoms with E-state index in [9.17, 15) is 13.9 Å². The van der Waals surface area contributed by atoms with Crippen molar-refractivity contribution in [2.24, 2.45) is 0 Å². The van der Waals surface area contributed by atoms with Gasteiger partial charge in [-0.1, -0.05) is 13.8 Å². The highest BCUT2D eigenvalue weighted by molar-refractivity contribution is 5.25. The topological polar surface area (TPSA) is 41.5 Å². The molecule has 0 saturated heterocycles. The molecule has 102 valence electrons. The van der Waals surface area contributed by atoms with Gasteiger partial charge < -0.3 is 15.2 Å². The Morgan fingerprint density at radius 2 is 2.06 bits per heavy atom. The summed E-state index contributed by atoms with van der Waals surface area (Å²) in [6, 6.07) is 3.17. The van der Waals surface area contributed by atoms with Crippen LogP contribution in [-0.2, 0) is 0 Å². The van der Waals surface area contributed by atoms with Gasteiger partial charge in [-0.05, 0) is 19.1 Å². The van der Waals surface area contributed by atoms with Crippen LogP contribution < -0.4 is 10.1 Å². The molecule has 1 atom stereocenters. The molecule has 0 amide bonds. The molecule has 0 fully saturated rings. The summed E-state index contributed by atoms with van der Waals surface area (Å²) in [5, 5.41) is 12.4. The normalized spacial score (nSPS) is 14.6. The number of ether oxygens (including phenoxy) is 1. The minimum Gasteiger partial charge on any atom is -0.488 e. The predicted molar refractivity (Wildman–Crippen MR) is 65.6 cm³/mol. The third-order valence-electron chi connectivity index (χ3n) is 2.43. The maximum atomic E-state index is 13.3. The van der Waals surface area contributed by atoms with Crippen molar-refractivity contribution in [2.45, 2.75) is 32.4 Å². The van der Waals surface area contributed by atoms with Gasteiger partial charge in [0.25, 0.3) is 0 Å². The Bertz CT molecular complexity index is 399. The first-order valence-electron chi connectivity index (χ1n) is 5.83. The fourth-order valence-corrected chi connectivity index (χ4v) is 1.65. The van der Waals surface area contributed by atoms with Crippen LogP contribution in [0.5, 0.6) is 5.75 Å². The van der Waals surface area contributed by atoms with Crippen LogP contribution in [-0.4, -0.2) is 29.9 Å². The summed E-state index contributed by atoms with van der Waals surface area (Å²) in [5.41, 5.74) is -0.701. The van der Waals surface area contributed by atoms with E-state index in [2.05, 4.69) is 5.32 Å². The van der Waals surface area contributed by atoms with E-state index >= 15 is 0 Å². The van der Waals surface area contributed by atoms with Gasteiger partial charge in [-0.3, -0.25) is 0 Å². The van der Waals surface area contributed by atoms with Crippen molar-refractivity contribution in [2.75, 3.05) is 13.2 Å². The minimum atomic E-state index is -0.701. The highest BCUT2D eigenvalue weighted by atomic mass is 19.1. The monoisotopic (exact) mass is 259 g/mol. The second kappa shape index (κ2) is 6.11. The molecule has 1 aromatic rings. The minimum absolute atomic E-state index is 0.0437. The van der Waals surface area contributed by atoms with Crippen molar-refractivity contribution in [1.82, 2.24) is 5.32 Å². The second-order valence-electron chi connectivity index (χ2n) is 4.88. The van der Waals surface area contributed by atoms with Gasteiger partial charge in [-0.25, -0.2) is 8.78 Å². The van der Waals surface area contributed by atoms with Crippen LogP contribution >= 0.6 is 0 Å². The fourth-order valence-electron chi connectivity index (χ4n) is 1.65. The van der Waals surface area contributed by atoms with Crippen LogP contribution in [0.4, 0.5) is 8.78 Å². The summed E-state index contributed by atoms with van der Waals surface area (Å²) in [6.07, 6.45) is 0. The number of halogens is 2. The van der Waals surface area contributed by atoms with Crippen LogP contribution in [0.15, 0.2) is 18.2 Å². The molecular weight excluding hydrogens is 240 g/mol. The molecule has 18 heavy (non-hydrogen) atoms. The third-order valence-corrected chi connectivity index (χ3v) is 2.43. The molecule has 2 N–H and O–H groups in total. The summed E-state index contributed by atoms with van der Waals surface area (Å²) in [5.74, 6) is -1.34. The number of hydrogen-bond donors (Lipinski definition) is 2. The lowest BCUT2D eigenvalue weighted by atomic mass is 10.0. The Morgan fingerprint density at radius 3 is 2.61 bits per heavy atom. The first kappa shape index (κ1) is 14.9. The molecule has 0 saturated carbocycles. The van der Waals surface area contributed by atoms with Gasteiger partial charge in [-0.15, -0.1) is 0 Å². The lowest BCUT2D eigenvalue weighted by Crippen LogP contribution is -2.53. The number of aliphatic hydroxyl groups is 1. The van der Waals surface area contributed by atoms with Gasteiger partial charge in [0.05, 0.1) is 12.1 Å². The number of rotatable bonds is 6. The third kappa shape index (κ3) is 4.23. The summed E-state index contributed by atoms with van der Waals surface area (Å²) in [6.45, 7) is 5.49. The summed E-state index contributed by atoms with van der Waals surface area (Å²) < 4.78 is 31.5. The van der Waals surface area contributed by atoms with E-state index in [-0.39, 0.29) is 25.0 Å². The van der Waals surface area contributed by atoms with E-state index in [4.69, 9.17) is 4.74 Å². The Balaban J connectivity index is 2.70. The molecule has 5 heteroatoms. The Hall–Kier alpha value is -1.20. The first-order valence-corrected chi connectivity index (χ1v) is 5.83. The number of hydrogen-bond acceptors (Lipinski definition) is 3. The SMILES string of the molecule is CC(C)NC(C)(CO)COc1cc(F)ccc1F. The van der Waals surface area contributed by atoms with Crippen molar-refractivity contribution in [1.29, 1.82) is 0 Å². The van der Waals surface area contributed by atoms with E-state index in [1.807, 2.05) is 13.8 Å². The Morgan fingerprint density at radius 1 is 1.39 bits per heavy atom. The van der Waals surface area contributed by atoms with Gasteiger partial charge in [0.1, 0.15) is 12.4 Å². The molecule has 3 nitrogen and oxygen atoms in total. The van der Waals surface area contributed by atoms with Gasteiger partial charge in [0, 0.05) is 12.1 Å². The lowest BCUT2D eigenvalue weighted by molar-refractivity contribution is 0.106. The van der Waals surface area contributed by atoms with Crippen molar-refractivity contribution in [3.8, 4) is 5.75 Å². The zero-order chi connectivity index (χ0) is 13.8. The molecule has 1 rings (SSSR count). The van der Waals surface area contributed by atoms with Crippen LogP contribution in [0, 0.1) is 11.6 Å². The van der Waals surface area contributed by atoms with Crippen LogP contribution in [0.1, 0.15) is 20.8 Å². The van der Waals surface area contributed by atoms with E-state index in [0.717, 1.165) is 18.2 Å². The number of aliphatic hydroxyl groups excluding tert-OH is 1. The van der Waals surface area contributed by atoms with Crippen molar-refractivity contribution in [3.05, 3.63) is 29.8 Å². The molecule has 0 bridgehead atoms. The van der Waals surface area contributed by atoms with Gasteiger partial charge in [0.15, 0.2) is 11.6 Å². The van der Waals surface area contributed by atoms with E-state index < -0.39 is 17.2 Å². The largest absolute Gasteiger partial charge is 0.488 e. The molecule has 0 radical (unpaired) electrons. The first-order chi connectivity index (χ1) is 8.36. The smallest absolute Gasteiger partial charge is 0.165 e. The maximum Gasteiger partial charge on any atom is 0.165 e. The van der Waals surface area contributed by atoms with Crippen molar-refractivity contribution in [3.63, 3.8) is 0 Å². The summed E-state index contributed by atoms with van der Waals surface area (Å²) in [4.78, 5) is 0. The standard InChI is InChI=1S/C13H19F2NO2/c1-9(2)16-13(3,7-17)8-18-12-6-10(14)4-5-11(12)15/h4-6,9,16-17H,7-8H2,1-3H3. The summed E-state index contributed by atoms with van der Waals surface area (Å²) in [7, 11) is 0. The zero-order valence-electron chi connectivity index (χ0n) is 10.8. The van der Waals surface area contributed by atoms with Crippen LogP contribution in [0.2, 0.25) is 0 Å². The van der Waals surface area contributed by atoms with Crippen molar-refractivity contribution < 1.29 is 18.6 Å². The molecule has 1 aromatic carbocycles. The van der Waals surface area contributed by atoms with E-state index in [1.54, 1.807) is 6.92 Å². The molecule has 0 aliphatic heterocycles. The quantitative estimate of drug-likeness (QED) is 0.822. The molecule has 1 unspecified atom stereocenters. The number of nitrogens with one attached hydrogen (secondary N) is 1. The van der Waals surface area contributed by atoms with Crippen molar-refractivity contribution >= 4 is 0 Å². The molecule has 0 aromatic heterocycles. The molecule has 0 aliphatic carbocycles. The number of benzene rings is 1. The summed E-state index contributed by atoms with van der Waals surface area (Å²) >= 11 is 0. The zero-order valence-corrected chi connectivity index (χ0v) is 10.8. The Labute approximate surface area is 106 Å².